The van der Waals surface area contributed by atoms with Gasteiger partial charge in [0.25, 0.3) is 5.91 Å². The maximum atomic E-state index is 13.4. The summed E-state index contributed by atoms with van der Waals surface area (Å²) in [5, 5.41) is 9.76. The Morgan fingerprint density at radius 2 is 1.91 bits per heavy atom. The van der Waals surface area contributed by atoms with Crippen molar-refractivity contribution in [3.05, 3.63) is 59.7 Å². The van der Waals surface area contributed by atoms with Crippen LogP contribution < -0.4 is 9.46 Å². The Balaban J connectivity index is 1.98. The second-order valence-electron chi connectivity index (χ2n) is 8.86. The fraction of sp³-hybridized carbons (Fsp3) is 0.458. The van der Waals surface area contributed by atoms with Crippen LogP contribution in [0.2, 0.25) is 0 Å². The number of amides is 1. The van der Waals surface area contributed by atoms with Gasteiger partial charge in [-0.3, -0.25) is 14.4 Å². The molecule has 2 aromatic rings. The minimum Gasteiger partial charge on any atom is -0.486 e. The average molecular weight is 476 g/mol. The van der Waals surface area contributed by atoms with Crippen LogP contribution in [-0.4, -0.2) is 74.4 Å². The van der Waals surface area contributed by atoms with Crippen LogP contribution in [0.4, 0.5) is 5.69 Å². The fourth-order valence-electron chi connectivity index (χ4n) is 4.01. The number of hydrogen-bond donors (Lipinski definition) is 2. The normalized spacial score (nSPS) is 19.9. The number of aliphatic hydroxyl groups is 1. The quantitative estimate of drug-likeness (QED) is 0.608. The summed E-state index contributed by atoms with van der Waals surface area (Å²) in [6, 6.07) is 14.5. The maximum Gasteiger partial charge on any atom is 0.258 e. The lowest BCUT2D eigenvalue weighted by Crippen LogP contribution is -2.49. The number of likely N-dealkylation sites (N-methyl/N-ethyl adjacent to an activating group) is 1. The van der Waals surface area contributed by atoms with Crippen LogP contribution in [0.25, 0.3) is 0 Å². The van der Waals surface area contributed by atoms with Crippen molar-refractivity contribution < 1.29 is 23.1 Å². The number of aliphatic hydroxyl groups excluding tert-OH is 1. The van der Waals surface area contributed by atoms with Gasteiger partial charge >= 0.3 is 0 Å². The van der Waals surface area contributed by atoms with Gasteiger partial charge in [0.2, 0.25) is 10.0 Å². The largest absolute Gasteiger partial charge is 0.486 e. The van der Waals surface area contributed by atoms with E-state index in [2.05, 4.69) is 21.8 Å². The predicted octanol–water partition coefficient (Wildman–Crippen LogP) is 2.41. The van der Waals surface area contributed by atoms with Crippen LogP contribution in [0.5, 0.6) is 5.75 Å². The molecule has 0 aliphatic carbocycles. The maximum absolute atomic E-state index is 13.4. The summed E-state index contributed by atoms with van der Waals surface area (Å²) in [7, 11) is -1.58. The number of carbonyl (C=O) groups excluding carboxylic acids is 1. The predicted molar refractivity (Wildman–Crippen MR) is 129 cm³/mol. The van der Waals surface area contributed by atoms with Crippen LogP contribution >= 0.6 is 0 Å². The molecule has 180 valence electrons. The summed E-state index contributed by atoms with van der Waals surface area (Å²) < 4.78 is 32.8. The van der Waals surface area contributed by atoms with Crippen molar-refractivity contribution in [3.8, 4) is 5.75 Å². The Labute approximate surface area is 196 Å². The van der Waals surface area contributed by atoms with Crippen molar-refractivity contribution in [2.75, 3.05) is 37.7 Å². The Bertz CT molecular complexity index is 1060. The zero-order valence-corrected chi connectivity index (χ0v) is 20.4. The number of para-hydroxylation sites is 1. The number of benzene rings is 2. The van der Waals surface area contributed by atoms with Crippen LogP contribution in [0.1, 0.15) is 29.8 Å². The van der Waals surface area contributed by atoms with Crippen molar-refractivity contribution in [1.29, 1.82) is 0 Å². The topological polar surface area (TPSA) is 99.2 Å². The molecule has 8 nitrogen and oxygen atoms in total. The van der Waals surface area contributed by atoms with Gasteiger partial charge in [-0.05, 0) is 31.7 Å². The van der Waals surface area contributed by atoms with E-state index in [-0.39, 0.29) is 47.6 Å². The van der Waals surface area contributed by atoms with Crippen molar-refractivity contribution in [1.82, 2.24) is 9.80 Å². The number of hydrogen-bond acceptors (Lipinski definition) is 6. The number of carbonyl (C=O) groups is 1. The van der Waals surface area contributed by atoms with E-state index in [0.717, 1.165) is 12.8 Å². The molecule has 1 heterocycles. The minimum absolute atomic E-state index is 0.0689. The van der Waals surface area contributed by atoms with Crippen molar-refractivity contribution in [2.24, 2.45) is 5.92 Å². The van der Waals surface area contributed by atoms with Gasteiger partial charge in [0.15, 0.2) is 5.75 Å². The zero-order chi connectivity index (χ0) is 24.2. The van der Waals surface area contributed by atoms with E-state index in [1.165, 1.54) is 5.56 Å². The van der Waals surface area contributed by atoms with Gasteiger partial charge in [-0.25, -0.2) is 8.42 Å². The molecule has 0 saturated heterocycles. The Kier molecular flexibility index (Phi) is 7.99. The van der Waals surface area contributed by atoms with E-state index >= 15 is 0 Å². The highest BCUT2D eigenvalue weighted by Crippen LogP contribution is 2.35. The molecule has 0 spiro atoms. The first-order valence-corrected chi connectivity index (χ1v) is 12.9. The second kappa shape index (κ2) is 10.5. The monoisotopic (exact) mass is 475 g/mol. The third-order valence-electron chi connectivity index (χ3n) is 5.77. The number of ether oxygens (including phenoxy) is 1. The van der Waals surface area contributed by atoms with E-state index in [9.17, 15) is 18.3 Å². The molecule has 2 N–H and O–H groups in total. The van der Waals surface area contributed by atoms with E-state index in [1.54, 1.807) is 30.0 Å². The standard InChI is InChI=1S/C24H33N3O5S/c1-17-13-27(18(2)16-28)24(29)20-11-8-12-21(25-33(4,30)31)23(20)32-22(17)15-26(3)14-19-9-6-5-7-10-19/h5-12,17-18,22,25,28H,13-16H2,1-4H3/t17-,18+,22+/m1/s1. The van der Waals surface area contributed by atoms with Crippen LogP contribution in [0.15, 0.2) is 48.5 Å². The molecule has 2 aromatic carbocycles. The van der Waals surface area contributed by atoms with E-state index in [4.69, 9.17) is 4.74 Å². The fourth-order valence-corrected chi connectivity index (χ4v) is 4.57. The molecule has 0 fully saturated rings. The summed E-state index contributed by atoms with van der Waals surface area (Å²) in [5.74, 6) is -0.153. The smallest absolute Gasteiger partial charge is 0.258 e. The van der Waals surface area contributed by atoms with Crippen LogP contribution in [-0.2, 0) is 16.6 Å². The highest BCUT2D eigenvalue weighted by Gasteiger charge is 2.34. The molecule has 9 heteroatoms. The molecule has 0 aromatic heterocycles. The number of rotatable bonds is 8. The summed E-state index contributed by atoms with van der Waals surface area (Å²) >= 11 is 0. The van der Waals surface area contributed by atoms with Crippen LogP contribution in [0, 0.1) is 5.92 Å². The van der Waals surface area contributed by atoms with Crippen molar-refractivity contribution in [3.63, 3.8) is 0 Å². The summed E-state index contributed by atoms with van der Waals surface area (Å²) in [6.45, 7) is 5.32. The number of nitrogens with zero attached hydrogens (tertiary/aromatic N) is 2. The van der Waals surface area contributed by atoms with Gasteiger partial charge in [-0.15, -0.1) is 0 Å². The van der Waals surface area contributed by atoms with Gasteiger partial charge < -0.3 is 14.7 Å². The summed E-state index contributed by atoms with van der Waals surface area (Å²) in [6.07, 6.45) is 0.742. The summed E-state index contributed by atoms with van der Waals surface area (Å²) in [5.41, 5.74) is 1.67. The molecule has 0 unspecified atom stereocenters. The molecular weight excluding hydrogens is 442 g/mol. The van der Waals surface area contributed by atoms with Gasteiger partial charge in [0.1, 0.15) is 6.10 Å². The SMILES string of the molecule is C[C@@H]1CN([C@@H](C)CO)C(=O)c2cccc(NS(C)(=O)=O)c2O[C@H]1CN(C)Cc1ccccc1. The molecule has 3 atom stereocenters. The molecule has 0 radical (unpaired) electrons. The molecule has 3 rings (SSSR count). The van der Waals surface area contributed by atoms with E-state index < -0.39 is 10.0 Å². The lowest BCUT2D eigenvalue weighted by molar-refractivity contribution is 0.0344. The molecular formula is C24H33N3O5S. The summed E-state index contributed by atoms with van der Waals surface area (Å²) in [4.78, 5) is 17.2. The van der Waals surface area contributed by atoms with Gasteiger partial charge in [0, 0.05) is 25.6 Å². The number of nitrogens with one attached hydrogen (secondary N) is 1. The minimum atomic E-state index is -3.58. The lowest BCUT2D eigenvalue weighted by Gasteiger charge is -2.38. The average Bonchev–Trinajstić information content (AvgIpc) is 2.75. The number of fused-ring (bicyclic) bond motifs is 1. The molecule has 1 aliphatic heterocycles. The number of sulfonamides is 1. The van der Waals surface area contributed by atoms with Crippen LogP contribution in [0.3, 0.4) is 0 Å². The number of anilines is 1. The Morgan fingerprint density at radius 3 is 2.55 bits per heavy atom. The van der Waals surface area contributed by atoms with Gasteiger partial charge in [0.05, 0.1) is 30.2 Å². The first-order chi connectivity index (χ1) is 15.6. The zero-order valence-electron chi connectivity index (χ0n) is 19.6. The lowest BCUT2D eigenvalue weighted by atomic mass is 9.99. The molecule has 1 aliphatic rings. The van der Waals surface area contributed by atoms with Crippen molar-refractivity contribution >= 4 is 21.6 Å². The van der Waals surface area contributed by atoms with Gasteiger partial charge in [-0.1, -0.05) is 43.3 Å². The Morgan fingerprint density at radius 1 is 1.21 bits per heavy atom. The molecule has 33 heavy (non-hydrogen) atoms. The van der Waals surface area contributed by atoms with E-state index in [0.29, 0.717) is 13.1 Å². The highest BCUT2D eigenvalue weighted by atomic mass is 32.2. The third-order valence-corrected chi connectivity index (χ3v) is 6.36. The van der Waals surface area contributed by atoms with Gasteiger partial charge in [-0.2, -0.15) is 0 Å². The first kappa shape index (κ1) is 25.0. The highest BCUT2D eigenvalue weighted by molar-refractivity contribution is 7.92. The molecule has 0 bridgehead atoms. The molecule has 1 amide bonds. The second-order valence-corrected chi connectivity index (χ2v) is 10.6. The third kappa shape index (κ3) is 6.46. The van der Waals surface area contributed by atoms with E-state index in [1.807, 2.05) is 32.2 Å². The molecule has 0 saturated carbocycles. The first-order valence-electron chi connectivity index (χ1n) is 11.0. The Hall–Kier alpha value is -2.62. The van der Waals surface area contributed by atoms with Crippen molar-refractivity contribution in [2.45, 2.75) is 32.5 Å².